The molecule has 3 saturated heterocycles. The number of nitrogens with one attached hydrogen (secondary N) is 1. The molecule has 1 unspecified atom stereocenters. The van der Waals surface area contributed by atoms with Crippen LogP contribution >= 0.6 is 23.1 Å². The number of amides is 1. The molecular weight excluding hydrogens is 364 g/mol. The van der Waals surface area contributed by atoms with E-state index < -0.39 is 0 Å². The molecule has 0 aromatic carbocycles. The second kappa shape index (κ2) is 7.02. The number of thioether (sulfide) groups is 1. The second-order valence-electron chi connectivity index (χ2n) is 7.61. The predicted octanol–water partition coefficient (Wildman–Crippen LogP) is 2.67. The summed E-state index contributed by atoms with van der Waals surface area (Å²) in [6.45, 7) is 5.55. The summed E-state index contributed by atoms with van der Waals surface area (Å²) in [6.07, 6.45) is 4.26. The van der Waals surface area contributed by atoms with E-state index in [1.165, 1.54) is 42.1 Å². The smallest absolute Gasteiger partial charge is 0.270 e. The fourth-order valence-electron chi connectivity index (χ4n) is 4.52. The zero-order valence-corrected chi connectivity index (χ0v) is 16.5. The Balaban J connectivity index is 1.35. The lowest BCUT2D eigenvalue weighted by atomic mass is 9.97. The lowest BCUT2D eigenvalue weighted by Gasteiger charge is -2.30. The van der Waals surface area contributed by atoms with E-state index in [1.54, 1.807) is 11.3 Å². The molecule has 2 aromatic heterocycles. The lowest BCUT2D eigenvalue weighted by molar-refractivity contribution is 0.0904. The molecule has 1 amide bonds. The summed E-state index contributed by atoms with van der Waals surface area (Å²) in [6, 6.07) is 2.26. The van der Waals surface area contributed by atoms with Gasteiger partial charge >= 0.3 is 0 Å². The topological polar surface area (TPSA) is 48.5 Å². The Morgan fingerprint density at radius 2 is 2.12 bits per heavy atom. The molecule has 3 aliphatic rings. The molecule has 7 heteroatoms. The molecule has 3 atom stereocenters. The van der Waals surface area contributed by atoms with Gasteiger partial charge in [0.2, 0.25) is 0 Å². The third kappa shape index (κ3) is 3.21. The molecule has 2 aromatic rings. The van der Waals surface area contributed by atoms with Crippen molar-refractivity contribution in [1.82, 2.24) is 15.2 Å². The highest BCUT2D eigenvalue weighted by Crippen LogP contribution is 2.34. The molecular formula is C19H24N4OS2. The maximum absolute atomic E-state index is 12.8. The highest BCUT2D eigenvalue weighted by Gasteiger charge is 2.33. The van der Waals surface area contributed by atoms with Crippen LogP contribution in [0.25, 0.3) is 10.1 Å². The van der Waals surface area contributed by atoms with E-state index in [0.29, 0.717) is 5.69 Å². The van der Waals surface area contributed by atoms with Crippen LogP contribution in [0.4, 0.5) is 5.69 Å². The fourth-order valence-corrected chi connectivity index (χ4v) is 6.34. The molecule has 26 heavy (non-hydrogen) atoms. The fraction of sp³-hybridized carbons (Fsp3) is 0.579. The van der Waals surface area contributed by atoms with Crippen LogP contribution in [0.3, 0.4) is 0 Å². The molecule has 1 N–H and O–H groups in total. The Kier molecular flexibility index (Phi) is 4.54. The summed E-state index contributed by atoms with van der Waals surface area (Å²) in [7, 11) is 0. The number of nitrogens with zero attached hydrogens (tertiary/aromatic N) is 3. The van der Waals surface area contributed by atoms with Crippen LogP contribution in [-0.4, -0.2) is 66.1 Å². The Hall–Kier alpha value is -1.31. The highest BCUT2D eigenvalue weighted by atomic mass is 32.2. The third-order valence-electron chi connectivity index (χ3n) is 5.83. The number of anilines is 1. The normalized spacial score (nSPS) is 28.5. The first-order valence-corrected chi connectivity index (χ1v) is 11.5. The highest BCUT2D eigenvalue weighted by molar-refractivity contribution is 7.99. The molecule has 0 spiro atoms. The number of aromatic nitrogens is 1. The van der Waals surface area contributed by atoms with Crippen molar-refractivity contribution in [3.63, 3.8) is 0 Å². The first-order chi connectivity index (χ1) is 12.8. The summed E-state index contributed by atoms with van der Waals surface area (Å²) < 4.78 is 1.16. The van der Waals surface area contributed by atoms with Crippen molar-refractivity contribution < 1.29 is 4.79 Å². The van der Waals surface area contributed by atoms with E-state index >= 15 is 0 Å². The van der Waals surface area contributed by atoms with Crippen molar-refractivity contribution in [1.29, 1.82) is 0 Å². The third-order valence-corrected chi connectivity index (χ3v) is 7.69. The van der Waals surface area contributed by atoms with Gasteiger partial charge in [0.25, 0.3) is 5.91 Å². The number of rotatable bonds is 3. The van der Waals surface area contributed by atoms with Gasteiger partial charge < -0.3 is 15.1 Å². The van der Waals surface area contributed by atoms with Gasteiger partial charge in [0.15, 0.2) is 0 Å². The predicted molar refractivity (Wildman–Crippen MR) is 110 cm³/mol. The SMILES string of the molecule is O=C(N[C@@H]1C[C@@H]2CCN(C2)C1)c1cc2c(N3CCSCC3)csc2cn1. The average molecular weight is 389 g/mol. The van der Waals surface area contributed by atoms with Gasteiger partial charge in [-0.2, -0.15) is 11.8 Å². The molecule has 3 fully saturated rings. The minimum Gasteiger partial charge on any atom is -0.369 e. The van der Waals surface area contributed by atoms with Gasteiger partial charge in [-0.3, -0.25) is 4.79 Å². The van der Waals surface area contributed by atoms with Crippen molar-refractivity contribution in [2.45, 2.75) is 18.9 Å². The summed E-state index contributed by atoms with van der Waals surface area (Å²) in [5.41, 5.74) is 1.82. The van der Waals surface area contributed by atoms with E-state index in [2.05, 4.69) is 25.5 Å². The zero-order valence-electron chi connectivity index (χ0n) is 14.8. The number of piperidine rings is 1. The van der Waals surface area contributed by atoms with Crippen LogP contribution in [0.15, 0.2) is 17.6 Å². The first kappa shape index (κ1) is 16.8. The van der Waals surface area contributed by atoms with Crippen LogP contribution in [0.2, 0.25) is 0 Å². The molecule has 5 rings (SSSR count). The quantitative estimate of drug-likeness (QED) is 0.876. The Morgan fingerprint density at radius 3 is 2.96 bits per heavy atom. The maximum Gasteiger partial charge on any atom is 0.270 e. The van der Waals surface area contributed by atoms with Gasteiger partial charge in [0.05, 0.1) is 10.4 Å². The van der Waals surface area contributed by atoms with Crippen molar-refractivity contribution in [2.75, 3.05) is 49.1 Å². The molecule has 5 heterocycles. The van der Waals surface area contributed by atoms with E-state index in [0.717, 1.165) is 36.7 Å². The van der Waals surface area contributed by atoms with Crippen molar-refractivity contribution in [2.24, 2.45) is 5.92 Å². The minimum atomic E-state index is -0.0225. The molecule has 5 nitrogen and oxygen atoms in total. The molecule has 3 aliphatic heterocycles. The first-order valence-electron chi connectivity index (χ1n) is 9.49. The standard InChI is InChI=1S/C19H24N4OS2/c24-19(21-14-7-13-1-2-22(10-13)11-14)16-8-15-17(12-26-18(15)9-20-16)23-3-5-25-6-4-23/h8-9,12-14H,1-7,10-11H2,(H,21,24)/t13-,14+/m0/s1. The average Bonchev–Trinajstić information content (AvgIpc) is 3.24. The molecule has 0 saturated carbocycles. The minimum absolute atomic E-state index is 0.0225. The molecule has 2 bridgehead atoms. The monoisotopic (exact) mass is 388 g/mol. The number of hydrogen-bond donors (Lipinski definition) is 1. The van der Waals surface area contributed by atoms with Crippen LogP contribution in [0.1, 0.15) is 23.3 Å². The van der Waals surface area contributed by atoms with Crippen LogP contribution < -0.4 is 10.2 Å². The van der Waals surface area contributed by atoms with Gasteiger partial charge in [-0.25, -0.2) is 4.98 Å². The van der Waals surface area contributed by atoms with Crippen LogP contribution in [0, 0.1) is 5.92 Å². The number of pyridine rings is 1. The lowest BCUT2D eigenvalue weighted by Crippen LogP contribution is -2.47. The van der Waals surface area contributed by atoms with Gasteiger partial charge in [-0.05, 0) is 31.4 Å². The zero-order chi connectivity index (χ0) is 17.5. The summed E-state index contributed by atoms with van der Waals surface area (Å²) >= 11 is 3.74. The Morgan fingerprint density at radius 1 is 1.23 bits per heavy atom. The van der Waals surface area contributed by atoms with E-state index in [4.69, 9.17) is 0 Å². The summed E-state index contributed by atoms with van der Waals surface area (Å²) in [4.78, 5) is 22.2. The molecule has 0 radical (unpaired) electrons. The molecule has 0 aliphatic carbocycles. The van der Waals surface area contributed by atoms with Gasteiger partial charge in [-0.15, -0.1) is 11.3 Å². The van der Waals surface area contributed by atoms with Crippen LogP contribution in [0.5, 0.6) is 0 Å². The maximum atomic E-state index is 12.8. The summed E-state index contributed by atoms with van der Waals surface area (Å²) in [5, 5.41) is 6.63. The largest absolute Gasteiger partial charge is 0.369 e. The number of hydrogen-bond acceptors (Lipinski definition) is 6. The second-order valence-corrected chi connectivity index (χ2v) is 9.74. The number of carbonyl (C=O) groups is 1. The van der Waals surface area contributed by atoms with Crippen molar-refractivity contribution >= 4 is 44.8 Å². The van der Waals surface area contributed by atoms with E-state index in [-0.39, 0.29) is 11.9 Å². The Bertz CT molecular complexity index is 805. The number of fused-ring (bicyclic) bond motifs is 3. The van der Waals surface area contributed by atoms with E-state index in [9.17, 15) is 4.79 Å². The summed E-state index contributed by atoms with van der Waals surface area (Å²) in [5.74, 6) is 3.08. The number of carbonyl (C=O) groups excluding carboxylic acids is 1. The van der Waals surface area contributed by atoms with Gasteiger partial charge in [-0.1, -0.05) is 0 Å². The number of thiophene rings is 1. The van der Waals surface area contributed by atoms with E-state index in [1.807, 2.05) is 24.0 Å². The van der Waals surface area contributed by atoms with Crippen LogP contribution in [-0.2, 0) is 0 Å². The van der Waals surface area contributed by atoms with Gasteiger partial charge in [0, 0.05) is 60.7 Å². The van der Waals surface area contributed by atoms with Gasteiger partial charge in [0.1, 0.15) is 5.69 Å². The molecule has 138 valence electrons. The Labute approximate surface area is 162 Å². The van der Waals surface area contributed by atoms with Crippen molar-refractivity contribution in [3.8, 4) is 0 Å². The van der Waals surface area contributed by atoms with Crippen molar-refractivity contribution in [3.05, 3.63) is 23.3 Å².